The van der Waals surface area contributed by atoms with Crippen LogP contribution in [0.25, 0.3) is 17.0 Å². The van der Waals surface area contributed by atoms with Gasteiger partial charge in [-0.05, 0) is 61.7 Å². The zero-order valence-electron chi connectivity index (χ0n) is 18.6. The maximum absolute atomic E-state index is 12.5. The number of aromatic nitrogens is 5. The zero-order valence-corrected chi connectivity index (χ0v) is 19.4. The van der Waals surface area contributed by atoms with E-state index in [0.717, 1.165) is 47.3 Å². The molecule has 0 bridgehead atoms. The number of thioether (sulfide) groups is 1. The molecule has 4 heterocycles. The average Bonchev–Trinajstić information content (AvgIpc) is 3.48. The molecule has 0 saturated carbocycles. The summed E-state index contributed by atoms with van der Waals surface area (Å²) >= 11 is 1.53. The molecule has 1 aliphatic rings. The van der Waals surface area contributed by atoms with Crippen LogP contribution in [-0.4, -0.2) is 44.0 Å². The van der Waals surface area contributed by atoms with Crippen molar-refractivity contribution in [2.24, 2.45) is 0 Å². The highest BCUT2D eigenvalue weighted by molar-refractivity contribution is 7.98. The third-order valence-corrected chi connectivity index (χ3v) is 6.70. The average molecular weight is 464 g/mol. The second-order valence-corrected chi connectivity index (χ2v) is 9.03. The van der Waals surface area contributed by atoms with Crippen LogP contribution >= 0.6 is 11.8 Å². The molecule has 1 aliphatic heterocycles. The maximum Gasteiger partial charge on any atom is 0.258 e. The standard InChI is InChI=1S/C24H25N5O3S/c1-16-9-10-28-21(12-16)25-18(13-22(28)30)15-33-24-27-26-23(17-5-7-19(31-2)8-6-17)29(24)14-20-4-3-11-32-20/h5-10,12-13,20H,3-4,11,14-15H2,1-2H3. The Kier molecular flexibility index (Phi) is 6.15. The number of ether oxygens (including phenoxy) is 2. The van der Waals surface area contributed by atoms with E-state index in [-0.39, 0.29) is 11.7 Å². The Morgan fingerprint density at radius 3 is 2.79 bits per heavy atom. The van der Waals surface area contributed by atoms with Crippen molar-refractivity contribution in [2.45, 2.75) is 43.3 Å². The predicted octanol–water partition coefficient (Wildman–Crippen LogP) is 3.74. The van der Waals surface area contributed by atoms with Gasteiger partial charge in [-0.3, -0.25) is 13.8 Å². The number of hydrogen-bond donors (Lipinski definition) is 0. The molecule has 5 rings (SSSR count). The van der Waals surface area contributed by atoms with Gasteiger partial charge in [-0.15, -0.1) is 10.2 Å². The van der Waals surface area contributed by atoms with Gasteiger partial charge in [0.15, 0.2) is 11.0 Å². The Morgan fingerprint density at radius 2 is 2.03 bits per heavy atom. The molecule has 4 aromatic rings. The first-order chi connectivity index (χ1) is 16.1. The predicted molar refractivity (Wildman–Crippen MR) is 127 cm³/mol. The molecule has 1 saturated heterocycles. The lowest BCUT2D eigenvalue weighted by atomic mass is 10.2. The van der Waals surface area contributed by atoms with E-state index in [1.54, 1.807) is 23.8 Å². The van der Waals surface area contributed by atoms with Crippen LogP contribution in [0.5, 0.6) is 5.75 Å². The van der Waals surface area contributed by atoms with E-state index in [2.05, 4.69) is 19.7 Å². The number of hydrogen-bond acceptors (Lipinski definition) is 7. The third kappa shape index (κ3) is 4.65. The van der Waals surface area contributed by atoms with E-state index >= 15 is 0 Å². The van der Waals surface area contributed by atoms with Crippen molar-refractivity contribution in [3.8, 4) is 17.1 Å². The Bertz CT molecular complexity index is 1330. The monoisotopic (exact) mass is 463 g/mol. The quantitative estimate of drug-likeness (QED) is 0.386. The molecule has 1 aromatic carbocycles. The van der Waals surface area contributed by atoms with Gasteiger partial charge in [-0.1, -0.05) is 11.8 Å². The summed E-state index contributed by atoms with van der Waals surface area (Å²) in [4.78, 5) is 17.2. The van der Waals surface area contributed by atoms with Crippen molar-refractivity contribution in [3.05, 3.63) is 70.3 Å². The first kappa shape index (κ1) is 21.7. The van der Waals surface area contributed by atoms with Crippen molar-refractivity contribution in [1.29, 1.82) is 0 Å². The SMILES string of the molecule is COc1ccc(-c2nnc(SCc3cc(=O)n4ccc(C)cc4n3)n2CC2CCCO2)cc1. The lowest BCUT2D eigenvalue weighted by Gasteiger charge is -2.15. The fourth-order valence-electron chi connectivity index (χ4n) is 3.97. The highest BCUT2D eigenvalue weighted by Gasteiger charge is 2.22. The van der Waals surface area contributed by atoms with Crippen molar-refractivity contribution >= 4 is 17.4 Å². The molecule has 0 amide bonds. The lowest BCUT2D eigenvalue weighted by Crippen LogP contribution is -2.17. The molecule has 8 nitrogen and oxygen atoms in total. The molecule has 170 valence electrons. The Hall–Kier alpha value is -3.17. The molecule has 0 radical (unpaired) electrons. The molecule has 3 aromatic heterocycles. The molecule has 0 spiro atoms. The molecule has 9 heteroatoms. The van der Waals surface area contributed by atoms with Crippen LogP contribution in [0.3, 0.4) is 0 Å². The number of nitrogens with zero attached hydrogens (tertiary/aromatic N) is 5. The van der Waals surface area contributed by atoms with Crippen LogP contribution in [0.4, 0.5) is 0 Å². The number of aryl methyl sites for hydroxylation is 1. The minimum atomic E-state index is -0.0876. The van der Waals surface area contributed by atoms with Crippen LogP contribution in [0, 0.1) is 6.92 Å². The van der Waals surface area contributed by atoms with Crippen LogP contribution in [0.2, 0.25) is 0 Å². The van der Waals surface area contributed by atoms with Crippen molar-refractivity contribution in [2.75, 3.05) is 13.7 Å². The van der Waals surface area contributed by atoms with Gasteiger partial charge in [-0.25, -0.2) is 4.98 Å². The fourth-order valence-corrected chi connectivity index (χ4v) is 4.81. The van der Waals surface area contributed by atoms with Crippen molar-refractivity contribution in [3.63, 3.8) is 0 Å². The van der Waals surface area contributed by atoms with E-state index in [1.165, 1.54) is 11.8 Å². The maximum atomic E-state index is 12.5. The number of fused-ring (bicyclic) bond motifs is 1. The summed E-state index contributed by atoms with van der Waals surface area (Å²) in [6, 6.07) is 13.2. The summed E-state index contributed by atoms with van der Waals surface area (Å²) in [6.07, 6.45) is 3.99. The van der Waals surface area contributed by atoms with Gasteiger partial charge in [0.05, 0.1) is 25.5 Å². The van der Waals surface area contributed by atoms with Gasteiger partial charge in [0.1, 0.15) is 11.4 Å². The van der Waals surface area contributed by atoms with E-state index in [4.69, 9.17) is 9.47 Å². The molecule has 33 heavy (non-hydrogen) atoms. The largest absolute Gasteiger partial charge is 0.497 e. The molecule has 0 aliphatic carbocycles. The fraction of sp³-hybridized carbons (Fsp3) is 0.333. The minimum absolute atomic E-state index is 0.0876. The molecular weight excluding hydrogens is 438 g/mol. The van der Waals surface area contributed by atoms with E-state index in [9.17, 15) is 4.79 Å². The van der Waals surface area contributed by atoms with E-state index < -0.39 is 0 Å². The van der Waals surface area contributed by atoms with Crippen molar-refractivity contribution < 1.29 is 9.47 Å². The van der Waals surface area contributed by atoms with Gasteiger partial charge in [0.25, 0.3) is 5.56 Å². The number of methoxy groups -OCH3 is 1. The number of benzene rings is 1. The minimum Gasteiger partial charge on any atom is -0.497 e. The Morgan fingerprint density at radius 1 is 1.18 bits per heavy atom. The summed E-state index contributed by atoms with van der Waals surface area (Å²) in [6.45, 7) is 3.46. The summed E-state index contributed by atoms with van der Waals surface area (Å²) in [5.74, 6) is 2.10. The molecule has 1 unspecified atom stereocenters. The zero-order chi connectivity index (χ0) is 22.8. The van der Waals surface area contributed by atoms with Crippen LogP contribution in [0.15, 0.2) is 58.6 Å². The van der Waals surface area contributed by atoms with Gasteiger partial charge in [0.2, 0.25) is 0 Å². The topological polar surface area (TPSA) is 83.5 Å². The van der Waals surface area contributed by atoms with E-state index in [1.807, 2.05) is 43.3 Å². The number of pyridine rings is 1. The highest BCUT2D eigenvalue weighted by Crippen LogP contribution is 2.29. The summed E-state index contributed by atoms with van der Waals surface area (Å²) < 4.78 is 14.8. The summed E-state index contributed by atoms with van der Waals surface area (Å²) in [7, 11) is 1.65. The highest BCUT2D eigenvalue weighted by atomic mass is 32.2. The summed E-state index contributed by atoms with van der Waals surface area (Å²) in [5.41, 5.74) is 3.30. The van der Waals surface area contributed by atoms with Gasteiger partial charge in [-0.2, -0.15) is 0 Å². The molecule has 1 fully saturated rings. The smallest absolute Gasteiger partial charge is 0.258 e. The van der Waals surface area contributed by atoms with Crippen LogP contribution < -0.4 is 10.3 Å². The van der Waals surface area contributed by atoms with Gasteiger partial charge < -0.3 is 9.47 Å². The van der Waals surface area contributed by atoms with Crippen LogP contribution in [-0.2, 0) is 17.0 Å². The first-order valence-corrected chi connectivity index (χ1v) is 11.9. The Balaban J connectivity index is 1.44. The van der Waals surface area contributed by atoms with Crippen LogP contribution in [0.1, 0.15) is 24.1 Å². The first-order valence-electron chi connectivity index (χ1n) is 10.9. The third-order valence-electron chi connectivity index (χ3n) is 5.70. The molecule has 0 N–H and O–H groups in total. The molecule has 1 atom stereocenters. The summed E-state index contributed by atoms with van der Waals surface area (Å²) in [5, 5.41) is 9.73. The second-order valence-electron chi connectivity index (χ2n) is 8.09. The second kappa shape index (κ2) is 9.36. The lowest BCUT2D eigenvalue weighted by molar-refractivity contribution is 0.0953. The van der Waals surface area contributed by atoms with Gasteiger partial charge in [0, 0.05) is 30.2 Å². The van der Waals surface area contributed by atoms with Gasteiger partial charge >= 0.3 is 0 Å². The van der Waals surface area contributed by atoms with Crippen molar-refractivity contribution in [1.82, 2.24) is 24.1 Å². The number of rotatable bonds is 7. The Labute approximate surface area is 195 Å². The van der Waals surface area contributed by atoms with E-state index in [0.29, 0.717) is 23.6 Å². The molecular formula is C24H25N5O3S. The normalized spacial score (nSPS) is 15.9.